The molecule has 2 aromatic carbocycles. The molecule has 20 heavy (non-hydrogen) atoms. The molecule has 1 fully saturated rings. The minimum atomic E-state index is 0.355. The highest BCUT2D eigenvalue weighted by Crippen LogP contribution is 2.35. The van der Waals surface area contributed by atoms with Crippen molar-refractivity contribution in [2.24, 2.45) is 0 Å². The van der Waals surface area contributed by atoms with Gasteiger partial charge >= 0.3 is 0 Å². The van der Waals surface area contributed by atoms with Crippen LogP contribution in [0.4, 0.5) is 0 Å². The van der Waals surface area contributed by atoms with Gasteiger partial charge in [0, 0.05) is 23.4 Å². The van der Waals surface area contributed by atoms with Crippen molar-refractivity contribution in [2.75, 3.05) is 18.8 Å². The van der Waals surface area contributed by atoms with Gasteiger partial charge in [0.1, 0.15) is 0 Å². The van der Waals surface area contributed by atoms with Crippen LogP contribution in [0, 0.1) is 6.92 Å². The van der Waals surface area contributed by atoms with Crippen molar-refractivity contribution in [1.82, 2.24) is 5.32 Å². The van der Waals surface area contributed by atoms with Gasteiger partial charge in [0.15, 0.2) is 0 Å². The lowest BCUT2D eigenvalue weighted by molar-refractivity contribution is 0.269. The molecule has 2 heteroatoms. The molecular formula is C18H21NS. The fourth-order valence-electron chi connectivity index (χ4n) is 2.81. The Labute approximate surface area is 125 Å². The van der Waals surface area contributed by atoms with Gasteiger partial charge in [0.05, 0.1) is 0 Å². The largest absolute Gasteiger partial charge is 0.315 e. The first kappa shape index (κ1) is 13.7. The third kappa shape index (κ3) is 2.92. The molecule has 0 radical (unpaired) electrons. The predicted molar refractivity (Wildman–Crippen MR) is 87.5 cm³/mol. The van der Waals surface area contributed by atoms with Crippen LogP contribution in [-0.4, -0.2) is 18.8 Å². The maximum Gasteiger partial charge on any atom is 0.0210 e. The van der Waals surface area contributed by atoms with Gasteiger partial charge in [-0.1, -0.05) is 48.0 Å². The van der Waals surface area contributed by atoms with E-state index in [4.69, 9.17) is 0 Å². The SMILES string of the molecule is Cc1cccc(C2(CCSc3ccccc3)CNC2)c1. The van der Waals surface area contributed by atoms with E-state index in [-0.39, 0.29) is 0 Å². The minimum Gasteiger partial charge on any atom is -0.315 e. The Bertz CT molecular complexity index is 561. The van der Waals surface area contributed by atoms with E-state index in [0.717, 1.165) is 13.1 Å². The summed E-state index contributed by atoms with van der Waals surface area (Å²) in [7, 11) is 0. The third-order valence-corrected chi connectivity index (χ3v) is 5.16. The number of thioether (sulfide) groups is 1. The van der Waals surface area contributed by atoms with E-state index in [1.165, 1.54) is 28.2 Å². The molecule has 1 N–H and O–H groups in total. The summed E-state index contributed by atoms with van der Waals surface area (Å²) in [4.78, 5) is 1.37. The van der Waals surface area contributed by atoms with Gasteiger partial charge in [0.2, 0.25) is 0 Å². The summed E-state index contributed by atoms with van der Waals surface area (Å²) in [5.41, 5.74) is 3.22. The van der Waals surface area contributed by atoms with E-state index in [1.54, 1.807) is 0 Å². The van der Waals surface area contributed by atoms with Crippen molar-refractivity contribution in [1.29, 1.82) is 0 Å². The normalized spacial score (nSPS) is 16.6. The summed E-state index contributed by atoms with van der Waals surface area (Å²) in [5, 5.41) is 3.46. The van der Waals surface area contributed by atoms with Gasteiger partial charge in [-0.05, 0) is 36.8 Å². The molecule has 1 aliphatic heterocycles. The van der Waals surface area contributed by atoms with Crippen LogP contribution in [-0.2, 0) is 5.41 Å². The van der Waals surface area contributed by atoms with Gasteiger partial charge in [-0.3, -0.25) is 0 Å². The molecule has 2 aromatic rings. The summed E-state index contributed by atoms with van der Waals surface area (Å²) in [5.74, 6) is 1.18. The smallest absolute Gasteiger partial charge is 0.0210 e. The Morgan fingerprint density at radius 3 is 2.50 bits per heavy atom. The standard InChI is InChI=1S/C18H21NS/c1-15-6-5-7-16(12-15)18(13-19-14-18)10-11-20-17-8-3-2-4-9-17/h2-9,12,19H,10-11,13-14H2,1H3. The molecule has 1 heterocycles. The highest BCUT2D eigenvalue weighted by atomic mass is 32.2. The Kier molecular flexibility index (Phi) is 4.13. The zero-order valence-corrected chi connectivity index (χ0v) is 12.7. The fraction of sp³-hybridized carbons (Fsp3) is 0.333. The second-order valence-corrected chi connectivity index (χ2v) is 6.83. The summed E-state index contributed by atoms with van der Waals surface area (Å²) in [6.07, 6.45) is 1.24. The van der Waals surface area contributed by atoms with Gasteiger partial charge < -0.3 is 5.32 Å². The Hall–Kier alpha value is -1.25. The number of rotatable bonds is 5. The molecule has 0 spiro atoms. The first-order valence-electron chi connectivity index (χ1n) is 7.24. The highest BCUT2D eigenvalue weighted by Gasteiger charge is 2.37. The van der Waals surface area contributed by atoms with E-state index in [9.17, 15) is 0 Å². The predicted octanol–water partition coefficient (Wildman–Crippen LogP) is 4.02. The molecule has 0 bridgehead atoms. The average Bonchev–Trinajstić information content (AvgIpc) is 2.43. The topological polar surface area (TPSA) is 12.0 Å². The van der Waals surface area contributed by atoms with E-state index >= 15 is 0 Å². The van der Waals surface area contributed by atoms with Crippen LogP contribution < -0.4 is 5.32 Å². The zero-order valence-electron chi connectivity index (χ0n) is 11.9. The Balaban J connectivity index is 1.65. The average molecular weight is 283 g/mol. The maximum absolute atomic E-state index is 3.46. The monoisotopic (exact) mass is 283 g/mol. The minimum absolute atomic E-state index is 0.355. The first-order chi connectivity index (χ1) is 9.78. The molecule has 0 unspecified atom stereocenters. The number of aryl methyl sites for hydroxylation is 1. The molecule has 1 saturated heterocycles. The summed E-state index contributed by atoms with van der Waals surface area (Å²) < 4.78 is 0. The summed E-state index contributed by atoms with van der Waals surface area (Å²) in [6.45, 7) is 4.42. The van der Waals surface area contributed by atoms with Gasteiger partial charge in [-0.2, -0.15) is 0 Å². The van der Waals surface area contributed by atoms with E-state index in [1.807, 2.05) is 11.8 Å². The molecule has 0 atom stereocenters. The van der Waals surface area contributed by atoms with Crippen LogP contribution in [0.5, 0.6) is 0 Å². The second-order valence-electron chi connectivity index (χ2n) is 5.66. The lowest BCUT2D eigenvalue weighted by Gasteiger charge is -2.43. The van der Waals surface area contributed by atoms with Gasteiger partial charge in [-0.15, -0.1) is 11.8 Å². The number of nitrogens with one attached hydrogen (secondary N) is 1. The molecule has 1 nitrogen and oxygen atoms in total. The molecule has 0 saturated carbocycles. The third-order valence-electron chi connectivity index (χ3n) is 4.15. The highest BCUT2D eigenvalue weighted by molar-refractivity contribution is 7.99. The van der Waals surface area contributed by atoms with Gasteiger partial charge in [0.25, 0.3) is 0 Å². The Morgan fingerprint density at radius 1 is 1.05 bits per heavy atom. The van der Waals surface area contributed by atoms with Crippen LogP contribution in [0.15, 0.2) is 59.5 Å². The molecule has 0 aliphatic carbocycles. The van der Waals surface area contributed by atoms with E-state index in [0.29, 0.717) is 5.41 Å². The molecule has 104 valence electrons. The lowest BCUT2D eigenvalue weighted by Crippen LogP contribution is -2.57. The van der Waals surface area contributed by atoms with Crippen molar-refractivity contribution in [3.8, 4) is 0 Å². The van der Waals surface area contributed by atoms with Crippen LogP contribution in [0.3, 0.4) is 0 Å². The summed E-state index contributed by atoms with van der Waals surface area (Å²) in [6, 6.07) is 19.7. The van der Waals surface area contributed by atoms with E-state index < -0.39 is 0 Å². The van der Waals surface area contributed by atoms with Crippen molar-refractivity contribution in [2.45, 2.75) is 23.7 Å². The molecule has 0 aromatic heterocycles. The first-order valence-corrected chi connectivity index (χ1v) is 8.23. The molecular weight excluding hydrogens is 262 g/mol. The van der Waals surface area contributed by atoms with Gasteiger partial charge in [-0.25, -0.2) is 0 Å². The van der Waals surface area contributed by atoms with E-state index in [2.05, 4.69) is 66.8 Å². The lowest BCUT2D eigenvalue weighted by atomic mass is 9.73. The van der Waals surface area contributed by atoms with Crippen LogP contribution in [0.1, 0.15) is 17.5 Å². The van der Waals surface area contributed by atoms with Crippen LogP contribution >= 0.6 is 11.8 Å². The second kappa shape index (κ2) is 6.02. The van der Waals surface area contributed by atoms with Crippen LogP contribution in [0.2, 0.25) is 0 Å². The maximum atomic E-state index is 3.46. The number of benzene rings is 2. The summed E-state index contributed by atoms with van der Waals surface area (Å²) >= 11 is 1.97. The fourth-order valence-corrected chi connectivity index (χ4v) is 3.89. The van der Waals surface area contributed by atoms with Crippen molar-refractivity contribution >= 4 is 11.8 Å². The Morgan fingerprint density at radius 2 is 1.85 bits per heavy atom. The molecule has 0 amide bonds. The number of hydrogen-bond donors (Lipinski definition) is 1. The van der Waals surface area contributed by atoms with Crippen molar-refractivity contribution < 1.29 is 0 Å². The van der Waals surface area contributed by atoms with Crippen LogP contribution in [0.25, 0.3) is 0 Å². The quantitative estimate of drug-likeness (QED) is 0.832. The van der Waals surface area contributed by atoms with Crippen molar-refractivity contribution in [3.63, 3.8) is 0 Å². The number of hydrogen-bond acceptors (Lipinski definition) is 2. The molecule has 1 aliphatic rings. The van der Waals surface area contributed by atoms with Crippen molar-refractivity contribution in [3.05, 3.63) is 65.7 Å². The zero-order chi connectivity index (χ0) is 13.8. The molecule has 3 rings (SSSR count).